The molecule has 4 aromatic carbocycles. The molecule has 0 aliphatic carbocycles. The largest absolute Gasteiger partial charge is 0.506 e. The number of para-hydroxylation sites is 2. The maximum Gasteiger partial charge on any atom is 0.257 e. The summed E-state index contributed by atoms with van der Waals surface area (Å²) in [6.45, 7) is 6.69. The van der Waals surface area contributed by atoms with Crippen LogP contribution in [0.4, 0.5) is 17.3 Å². The second kappa shape index (κ2) is 31.5. The number of nitrogens with one attached hydrogen (secondary N) is 3. The second-order valence-electron chi connectivity index (χ2n) is 15.7. The van der Waals surface area contributed by atoms with Crippen molar-refractivity contribution < 1.29 is 52.7 Å². The number of primary amides is 1. The summed E-state index contributed by atoms with van der Waals surface area (Å²) in [4.78, 5) is 54.0. The van der Waals surface area contributed by atoms with Crippen molar-refractivity contribution in [3.8, 4) is 5.75 Å². The van der Waals surface area contributed by atoms with Crippen LogP contribution in [-0.2, 0) is 46.2 Å². The molecule has 1 aromatic heterocycles. The van der Waals surface area contributed by atoms with Gasteiger partial charge in [-0.15, -0.1) is 5.11 Å². The molecule has 4 amide bonds. The molecular weight excluding hydrogens is 903 g/mol. The van der Waals surface area contributed by atoms with Gasteiger partial charge in [-0.05, 0) is 105 Å². The van der Waals surface area contributed by atoms with E-state index in [1.807, 2.05) is 28.8 Å². The van der Waals surface area contributed by atoms with E-state index in [4.69, 9.17) is 39.9 Å². The number of fused-ring (bicyclic) bond motifs is 1. The lowest BCUT2D eigenvalue weighted by Crippen LogP contribution is -2.27. The van der Waals surface area contributed by atoms with Crippen LogP contribution in [0.15, 0.2) is 101 Å². The molecule has 0 bridgehead atoms. The quantitative estimate of drug-likeness (QED) is 0.0225. The fourth-order valence-electron chi connectivity index (χ4n) is 6.74. The summed E-state index contributed by atoms with van der Waals surface area (Å²) < 4.78 is 35.1. The van der Waals surface area contributed by atoms with Gasteiger partial charge in [0.25, 0.3) is 11.8 Å². The molecule has 8 N–H and O–H groups in total. The van der Waals surface area contributed by atoms with Gasteiger partial charge in [0.15, 0.2) is 0 Å². The normalized spacial score (nSPS) is 11.3. The molecule has 0 unspecified atom stereocenters. The van der Waals surface area contributed by atoms with E-state index in [0.717, 1.165) is 35.9 Å². The van der Waals surface area contributed by atoms with Crippen molar-refractivity contribution in [3.63, 3.8) is 0 Å². The molecule has 0 saturated carbocycles. The number of anilines is 1. The molecule has 0 aliphatic heterocycles. The summed E-state index contributed by atoms with van der Waals surface area (Å²) in [6.07, 6.45) is 3.37. The molecular formula is C50H65N9O11. The van der Waals surface area contributed by atoms with Crippen molar-refractivity contribution >= 4 is 52.0 Å². The van der Waals surface area contributed by atoms with Crippen molar-refractivity contribution in [2.45, 2.75) is 38.6 Å². The number of carbonyl (C=O) groups excluding carboxylic acids is 4. The number of nitrogens with two attached hydrogens (primary N) is 2. The van der Waals surface area contributed by atoms with Gasteiger partial charge in [0.05, 0.1) is 96.0 Å². The first kappa shape index (κ1) is 54.3. The third-order valence-corrected chi connectivity index (χ3v) is 10.4. The molecule has 0 atom stereocenters. The van der Waals surface area contributed by atoms with Crippen molar-refractivity contribution in [1.29, 1.82) is 0 Å². The van der Waals surface area contributed by atoms with E-state index >= 15 is 0 Å². The number of amides is 4. The lowest BCUT2D eigenvalue weighted by molar-refractivity contribution is -0.122. The monoisotopic (exact) mass is 967 g/mol. The first-order valence-corrected chi connectivity index (χ1v) is 23.4. The number of rotatable bonds is 35. The van der Waals surface area contributed by atoms with Crippen LogP contribution in [-0.4, -0.2) is 137 Å². The highest BCUT2D eigenvalue weighted by atomic mass is 16.6. The highest BCUT2D eigenvalue weighted by Crippen LogP contribution is 2.29. The number of aromatic nitrogens is 2. The van der Waals surface area contributed by atoms with Crippen LogP contribution in [0.1, 0.15) is 62.3 Å². The summed E-state index contributed by atoms with van der Waals surface area (Å²) in [5, 5.41) is 26.9. The fraction of sp³-hybridized carbons (Fsp3) is 0.420. The van der Waals surface area contributed by atoms with E-state index in [1.165, 1.54) is 6.07 Å². The van der Waals surface area contributed by atoms with Crippen molar-refractivity contribution in [2.75, 3.05) is 104 Å². The zero-order valence-electron chi connectivity index (χ0n) is 39.5. The van der Waals surface area contributed by atoms with Crippen LogP contribution >= 0.6 is 0 Å². The highest BCUT2D eigenvalue weighted by molar-refractivity contribution is 6.06. The van der Waals surface area contributed by atoms with E-state index in [2.05, 4.69) is 31.2 Å². The summed E-state index contributed by atoms with van der Waals surface area (Å²) in [7, 11) is 0. The predicted molar refractivity (Wildman–Crippen MR) is 263 cm³/mol. The molecule has 0 radical (unpaired) electrons. The zero-order chi connectivity index (χ0) is 49.6. The Balaban J connectivity index is 0.765. The average Bonchev–Trinajstić information content (AvgIpc) is 3.71. The third kappa shape index (κ3) is 19.8. The third-order valence-electron chi connectivity index (χ3n) is 10.4. The van der Waals surface area contributed by atoms with Crippen LogP contribution in [0.25, 0.3) is 11.0 Å². The Bertz CT molecular complexity index is 2410. The van der Waals surface area contributed by atoms with Gasteiger partial charge < -0.3 is 60.2 Å². The Labute approximate surface area is 407 Å². The number of aryl methyl sites for hydroxylation is 1. The number of hydrogen-bond donors (Lipinski definition) is 6. The lowest BCUT2D eigenvalue weighted by Gasteiger charge is -2.11. The first-order chi connectivity index (χ1) is 34.2. The average molecular weight is 968 g/mol. The van der Waals surface area contributed by atoms with E-state index in [9.17, 15) is 24.3 Å². The van der Waals surface area contributed by atoms with E-state index in [1.54, 1.807) is 60.7 Å². The van der Waals surface area contributed by atoms with Gasteiger partial charge in [-0.25, -0.2) is 4.98 Å². The van der Waals surface area contributed by atoms with Gasteiger partial charge >= 0.3 is 0 Å². The second-order valence-corrected chi connectivity index (χ2v) is 15.7. The number of carbonyl (C=O) groups is 4. The van der Waals surface area contributed by atoms with E-state index in [-0.39, 0.29) is 29.5 Å². The number of ether oxygens (including phenoxy) is 6. The van der Waals surface area contributed by atoms with Gasteiger partial charge in [-0.3, -0.25) is 24.5 Å². The summed E-state index contributed by atoms with van der Waals surface area (Å²) in [5.74, 6) is -0.879. The molecule has 1 heterocycles. The van der Waals surface area contributed by atoms with Crippen LogP contribution in [0.3, 0.4) is 0 Å². The number of hydrogen-bond acceptors (Lipinski definition) is 15. The number of phenols is 1. The summed E-state index contributed by atoms with van der Waals surface area (Å²) >= 11 is 0. The van der Waals surface area contributed by atoms with Gasteiger partial charge in [-0.2, -0.15) is 5.11 Å². The Morgan fingerprint density at radius 1 is 0.614 bits per heavy atom. The molecule has 5 rings (SSSR count). The van der Waals surface area contributed by atoms with Crippen molar-refractivity contribution in [3.05, 3.63) is 113 Å². The fourth-order valence-corrected chi connectivity index (χ4v) is 6.74. The number of aromatic hydroxyl groups is 1. The number of nitrogens with zero attached hydrogens (tertiary/aromatic N) is 4. The molecule has 5 aromatic rings. The summed E-state index contributed by atoms with van der Waals surface area (Å²) in [6, 6.07) is 25.6. The van der Waals surface area contributed by atoms with Crippen LogP contribution < -0.4 is 27.4 Å². The number of imidazole rings is 1. The van der Waals surface area contributed by atoms with Crippen LogP contribution in [0.2, 0.25) is 0 Å². The minimum atomic E-state index is -0.611. The molecule has 0 spiro atoms. The standard InChI is InChI=1S/C50H65N9O11/c51-19-17-37-11-16-45(60)43(35-37)58-57-41-14-12-38(13-15-41)48(63)54-21-24-66-26-28-68-30-32-70-34-33-69-31-29-67-27-25-65-23-18-46(61)53-20-4-1-5-22-59-44-10-3-2-9-42(44)55-50(59)56-49(64)40-8-6-7-39(36-40)47(52)62/h2-3,6-16,35-36,60H,1,4-5,17-34,51H2,(H2,52,62)(H,53,61)(H,54,63)(H,55,56,64). The van der Waals surface area contributed by atoms with Gasteiger partial charge in [0.2, 0.25) is 17.8 Å². The Morgan fingerprint density at radius 2 is 1.26 bits per heavy atom. The molecule has 0 saturated heterocycles. The zero-order valence-corrected chi connectivity index (χ0v) is 39.5. The van der Waals surface area contributed by atoms with Crippen molar-refractivity contribution in [2.24, 2.45) is 21.7 Å². The van der Waals surface area contributed by atoms with Crippen LogP contribution in [0.5, 0.6) is 5.75 Å². The molecule has 20 nitrogen and oxygen atoms in total. The van der Waals surface area contributed by atoms with Gasteiger partial charge in [-0.1, -0.05) is 24.3 Å². The van der Waals surface area contributed by atoms with Gasteiger partial charge in [0, 0.05) is 42.7 Å². The Kier molecular flexibility index (Phi) is 24.4. The molecule has 0 aliphatic rings. The van der Waals surface area contributed by atoms with Crippen molar-refractivity contribution in [1.82, 2.24) is 20.2 Å². The predicted octanol–water partition coefficient (Wildman–Crippen LogP) is 5.22. The molecule has 20 heteroatoms. The molecule has 70 heavy (non-hydrogen) atoms. The minimum Gasteiger partial charge on any atom is -0.506 e. The maximum atomic E-state index is 13.0. The first-order valence-electron chi connectivity index (χ1n) is 23.4. The topological polar surface area (TPSA) is 275 Å². The SMILES string of the molecule is NCCc1ccc(O)c(N=Nc2ccc(C(=O)NCCOCCOCCOCCOCCOCCOCCC(=O)NCCCCCn3c(NC(=O)c4cccc(C(N)=O)c4)nc4ccccc43)cc2)c1. The van der Waals surface area contributed by atoms with E-state index < -0.39 is 11.8 Å². The minimum absolute atomic E-state index is 0.0246. The lowest BCUT2D eigenvalue weighted by atomic mass is 10.1. The molecule has 376 valence electrons. The highest BCUT2D eigenvalue weighted by Gasteiger charge is 2.16. The van der Waals surface area contributed by atoms with E-state index in [0.29, 0.717) is 140 Å². The summed E-state index contributed by atoms with van der Waals surface area (Å²) in [5.41, 5.74) is 15.5. The number of benzene rings is 4. The smallest absolute Gasteiger partial charge is 0.257 e. The van der Waals surface area contributed by atoms with Gasteiger partial charge in [0.1, 0.15) is 11.4 Å². The Hall–Kier alpha value is -6.65. The Morgan fingerprint density at radius 3 is 1.93 bits per heavy atom. The number of phenolic OH excluding ortho intramolecular Hbond substituents is 1. The number of azo groups is 1. The maximum absolute atomic E-state index is 13.0. The number of unbranched alkanes of at least 4 members (excludes halogenated alkanes) is 2. The molecule has 0 fully saturated rings. The van der Waals surface area contributed by atoms with Crippen LogP contribution in [0, 0.1) is 0 Å².